The van der Waals surface area contributed by atoms with Crippen LogP contribution in [0.25, 0.3) is 22.0 Å². The summed E-state index contributed by atoms with van der Waals surface area (Å²) < 4.78 is 21.3. The number of benzene rings is 2. The third kappa shape index (κ3) is 2.96. The van der Waals surface area contributed by atoms with Gasteiger partial charge in [0, 0.05) is 34.1 Å². The molecule has 1 unspecified atom stereocenters. The van der Waals surface area contributed by atoms with Crippen molar-refractivity contribution >= 4 is 28.9 Å². The van der Waals surface area contributed by atoms with Crippen molar-refractivity contribution in [3.05, 3.63) is 54.0 Å². The van der Waals surface area contributed by atoms with Gasteiger partial charge in [-0.05, 0) is 53.4 Å². The second-order valence-corrected chi connectivity index (χ2v) is 6.67. The van der Waals surface area contributed by atoms with Gasteiger partial charge < -0.3 is 15.0 Å². The summed E-state index contributed by atoms with van der Waals surface area (Å²) in [6, 6.07) is 11.0. The summed E-state index contributed by atoms with van der Waals surface area (Å²) in [6.07, 6.45) is 1.44. The fraction of sp³-hybridized carbons (Fsp3) is 0.167. The number of carbonyl (C=O) groups is 1. The van der Waals surface area contributed by atoms with E-state index >= 15 is 0 Å². The normalized spacial score (nSPS) is 16.0. The van der Waals surface area contributed by atoms with E-state index in [9.17, 15) is 9.18 Å². The van der Waals surface area contributed by atoms with Crippen molar-refractivity contribution in [1.82, 2.24) is 15.0 Å². The molecule has 0 fully saturated rings. The van der Waals surface area contributed by atoms with Crippen LogP contribution in [-0.4, -0.2) is 24.7 Å². The molecule has 5 nitrogen and oxygen atoms in total. The minimum Gasteiger partial charge on any atom is -0.453 e. The third-order valence-electron chi connectivity index (χ3n) is 4.29. The third-order valence-corrected chi connectivity index (χ3v) is 5.28. The second kappa shape index (κ2) is 6.42. The maximum absolute atomic E-state index is 13.4. The monoisotopic (exact) mass is 357 g/mol. The van der Waals surface area contributed by atoms with Gasteiger partial charge in [-0.3, -0.25) is 4.72 Å². The van der Waals surface area contributed by atoms with Crippen LogP contribution in [0.15, 0.2) is 47.5 Å². The molecule has 3 N–H and O–H groups in total. The standard InChI is InChI=1S/C18H16FN3O2S/c1-24-18(23)21-9-16-13-6-10(2-5-17(13)25-22-16)14-8-20-15-7-11(19)3-4-12(14)15/h2-8,16,20,22H,9H2,1H3,(H,21,23). The Balaban J connectivity index is 1.67. The maximum Gasteiger partial charge on any atom is 0.406 e. The van der Waals surface area contributed by atoms with Gasteiger partial charge in [0.25, 0.3) is 0 Å². The molecule has 7 heteroatoms. The van der Waals surface area contributed by atoms with Crippen LogP contribution in [0.2, 0.25) is 0 Å². The molecule has 0 aliphatic carbocycles. The first-order chi connectivity index (χ1) is 12.2. The SMILES string of the molecule is COC(=O)NCC1NSc2ccc(-c3c[nH]c4cc(F)ccc34)cc21. The summed E-state index contributed by atoms with van der Waals surface area (Å²) >= 11 is 1.55. The van der Waals surface area contributed by atoms with E-state index in [-0.39, 0.29) is 11.9 Å². The lowest BCUT2D eigenvalue weighted by atomic mass is 9.99. The number of amides is 1. The van der Waals surface area contributed by atoms with E-state index in [0.717, 1.165) is 32.5 Å². The molecule has 0 radical (unpaired) electrons. The number of H-pyrrole nitrogens is 1. The number of carbonyl (C=O) groups excluding carboxylic acids is 1. The lowest BCUT2D eigenvalue weighted by molar-refractivity contribution is 0.170. The number of aromatic nitrogens is 1. The van der Waals surface area contributed by atoms with Crippen molar-refractivity contribution in [2.24, 2.45) is 0 Å². The van der Waals surface area contributed by atoms with Gasteiger partial charge in [0.15, 0.2) is 0 Å². The molecule has 1 aromatic heterocycles. The zero-order chi connectivity index (χ0) is 17.4. The lowest BCUT2D eigenvalue weighted by Crippen LogP contribution is -2.30. The Morgan fingerprint density at radius 2 is 2.20 bits per heavy atom. The number of halogens is 1. The molecule has 25 heavy (non-hydrogen) atoms. The quantitative estimate of drug-likeness (QED) is 0.620. The summed E-state index contributed by atoms with van der Waals surface area (Å²) in [5, 5.41) is 3.70. The first-order valence-electron chi connectivity index (χ1n) is 7.81. The molecule has 0 bridgehead atoms. The van der Waals surface area contributed by atoms with Crippen LogP contribution in [0.5, 0.6) is 0 Å². The van der Waals surface area contributed by atoms with Gasteiger partial charge in [-0.25, -0.2) is 9.18 Å². The second-order valence-electron chi connectivity index (χ2n) is 5.79. The Morgan fingerprint density at radius 1 is 1.32 bits per heavy atom. The fourth-order valence-corrected chi connectivity index (χ4v) is 3.96. The fourth-order valence-electron chi connectivity index (χ4n) is 3.03. The molecule has 128 valence electrons. The van der Waals surface area contributed by atoms with Crippen LogP contribution in [0.4, 0.5) is 9.18 Å². The van der Waals surface area contributed by atoms with Gasteiger partial charge in [0.1, 0.15) is 5.82 Å². The van der Waals surface area contributed by atoms with Gasteiger partial charge >= 0.3 is 6.09 Å². The van der Waals surface area contributed by atoms with Crippen molar-refractivity contribution in [1.29, 1.82) is 0 Å². The molecule has 0 spiro atoms. The van der Waals surface area contributed by atoms with Crippen molar-refractivity contribution in [3.63, 3.8) is 0 Å². The van der Waals surface area contributed by atoms with E-state index in [2.05, 4.69) is 38.0 Å². The molecular formula is C18H16FN3O2S. The van der Waals surface area contributed by atoms with Crippen LogP contribution in [0.3, 0.4) is 0 Å². The van der Waals surface area contributed by atoms with Crippen LogP contribution in [-0.2, 0) is 4.74 Å². The highest BCUT2D eigenvalue weighted by molar-refractivity contribution is 7.97. The van der Waals surface area contributed by atoms with Gasteiger partial charge in [-0.1, -0.05) is 6.07 Å². The van der Waals surface area contributed by atoms with E-state index in [4.69, 9.17) is 0 Å². The number of ether oxygens (including phenoxy) is 1. The zero-order valence-corrected chi connectivity index (χ0v) is 14.2. The van der Waals surface area contributed by atoms with Crippen molar-refractivity contribution in [2.45, 2.75) is 10.9 Å². The van der Waals surface area contributed by atoms with Gasteiger partial charge in [-0.15, -0.1) is 0 Å². The number of methoxy groups -OCH3 is 1. The molecule has 0 saturated carbocycles. The average Bonchev–Trinajstić information content (AvgIpc) is 3.22. The topological polar surface area (TPSA) is 66.2 Å². The van der Waals surface area contributed by atoms with Gasteiger partial charge in [0.05, 0.1) is 13.2 Å². The summed E-state index contributed by atoms with van der Waals surface area (Å²) in [4.78, 5) is 15.6. The van der Waals surface area contributed by atoms with Crippen molar-refractivity contribution in [3.8, 4) is 11.1 Å². The molecule has 2 heterocycles. The van der Waals surface area contributed by atoms with Crippen LogP contribution in [0.1, 0.15) is 11.6 Å². The summed E-state index contributed by atoms with van der Waals surface area (Å²) in [7, 11) is 1.35. The molecule has 4 rings (SSSR count). The Kier molecular flexibility index (Phi) is 4.10. The molecule has 2 aromatic carbocycles. The smallest absolute Gasteiger partial charge is 0.406 e. The van der Waals surface area contributed by atoms with Crippen molar-refractivity contribution in [2.75, 3.05) is 13.7 Å². The minimum absolute atomic E-state index is 0.00157. The number of fused-ring (bicyclic) bond motifs is 2. The maximum atomic E-state index is 13.4. The van der Waals surface area contributed by atoms with E-state index < -0.39 is 6.09 Å². The van der Waals surface area contributed by atoms with Crippen LogP contribution >= 0.6 is 11.9 Å². The highest BCUT2D eigenvalue weighted by atomic mass is 32.2. The lowest BCUT2D eigenvalue weighted by Gasteiger charge is -2.12. The number of nitrogens with one attached hydrogen (secondary N) is 3. The molecular weight excluding hydrogens is 341 g/mol. The highest BCUT2D eigenvalue weighted by Gasteiger charge is 2.24. The predicted octanol–water partition coefficient (Wildman–Crippen LogP) is 3.98. The summed E-state index contributed by atoms with van der Waals surface area (Å²) in [5.41, 5.74) is 3.96. The van der Waals surface area contributed by atoms with Gasteiger partial charge in [-0.2, -0.15) is 0 Å². The number of hydrogen-bond donors (Lipinski definition) is 3. The Bertz CT molecular complexity index is 957. The number of hydrogen-bond acceptors (Lipinski definition) is 4. The molecule has 1 amide bonds. The first-order valence-corrected chi connectivity index (χ1v) is 8.62. The molecule has 3 aromatic rings. The summed E-state index contributed by atoms with van der Waals surface area (Å²) in [5.74, 6) is -0.260. The largest absolute Gasteiger partial charge is 0.453 e. The van der Waals surface area contributed by atoms with Crippen LogP contribution < -0.4 is 10.0 Å². The number of rotatable bonds is 3. The van der Waals surface area contributed by atoms with E-state index in [0.29, 0.717) is 6.54 Å². The van der Waals surface area contributed by atoms with E-state index in [1.807, 2.05) is 6.20 Å². The Hall–Kier alpha value is -2.51. The van der Waals surface area contributed by atoms with E-state index in [1.54, 1.807) is 18.0 Å². The van der Waals surface area contributed by atoms with Gasteiger partial charge in [0.2, 0.25) is 0 Å². The Morgan fingerprint density at radius 3 is 3.04 bits per heavy atom. The zero-order valence-electron chi connectivity index (χ0n) is 13.4. The molecule has 0 saturated heterocycles. The van der Waals surface area contributed by atoms with Crippen molar-refractivity contribution < 1.29 is 13.9 Å². The first kappa shape index (κ1) is 16.0. The average molecular weight is 357 g/mol. The number of aromatic amines is 1. The Labute approximate surface area is 148 Å². The molecule has 1 atom stereocenters. The van der Waals surface area contributed by atoms with Crippen LogP contribution in [0, 0.1) is 5.82 Å². The predicted molar refractivity (Wildman–Crippen MR) is 95.8 cm³/mol. The minimum atomic E-state index is -0.449. The summed E-state index contributed by atoms with van der Waals surface area (Å²) in [6.45, 7) is 0.440. The molecule has 1 aliphatic heterocycles. The molecule has 1 aliphatic rings. The highest BCUT2D eigenvalue weighted by Crippen LogP contribution is 2.38. The van der Waals surface area contributed by atoms with E-state index in [1.165, 1.54) is 19.2 Å². The number of alkyl carbamates (subject to hydrolysis) is 1.